The summed E-state index contributed by atoms with van der Waals surface area (Å²) in [5.41, 5.74) is 2.13. The lowest BCUT2D eigenvalue weighted by molar-refractivity contribution is -0.0854. The normalized spacial score (nSPS) is 23.2. The van der Waals surface area contributed by atoms with Crippen LogP contribution in [0.25, 0.3) is 0 Å². The minimum atomic E-state index is -0.102. The predicted octanol–water partition coefficient (Wildman–Crippen LogP) is 3.67. The Bertz CT molecular complexity index is 698. The average molecular weight is 344 g/mol. The second-order valence-corrected chi connectivity index (χ2v) is 6.14. The summed E-state index contributed by atoms with van der Waals surface area (Å²) in [5, 5.41) is 10.0. The van der Waals surface area contributed by atoms with Crippen LogP contribution in [0.1, 0.15) is 29.6 Å². The quantitative estimate of drug-likeness (QED) is 0.897. The van der Waals surface area contributed by atoms with Crippen LogP contribution in [0.15, 0.2) is 42.5 Å². The molecule has 2 aromatic rings. The number of hydrogen-bond donors (Lipinski definition) is 1. The fourth-order valence-electron chi connectivity index (χ4n) is 3.35. The molecule has 3 atom stereocenters. The van der Waals surface area contributed by atoms with E-state index in [-0.39, 0.29) is 23.9 Å². The zero-order valence-electron chi connectivity index (χ0n) is 14.8. The van der Waals surface area contributed by atoms with Crippen molar-refractivity contribution in [3.05, 3.63) is 53.6 Å². The molecule has 1 aliphatic heterocycles. The highest BCUT2D eigenvalue weighted by atomic mass is 16.5. The van der Waals surface area contributed by atoms with E-state index in [9.17, 15) is 5.11 Å². The Hall–Kier alpha value is -2.24. The highest BCUT2D eigenvalue weighted by Gasteiger charge is 2.33. The third kappa shape index (κ3) is 3.72. The molecule has 1 heterocycles. The maximum absolute atomic E-state index is 10.0. The number of ether oxygens (including phenoxy) is 4. The topological polar surface area (TPSA) is 57.2 Å². The smallest absolute Gasteiger partial charge is 0.160 e. The molecule has 0 radical (unpaired) electrons. The lowest BCUT2D eigenvalue weighted by atomic mass is 9.84. The summed E-state index contributed by atoms with van der Waals surface area (Å²) in [7, 11) is 4.91. The predicted molar refractivity (Wildman–Crippen MR) is 94.5 cm³/mol. The zero-order chi connectivity index (χ0) is 17.8. The highest BCUT2D eigenvalue weighted by molar-refractivity contribution is 5.42. The van der Waals surface area contributed by atoms with Crippen LogP contribution in [0.5, 0.6) is 17.2 Å². The molecule has 2 aromatic carbocycles. The van der Waals surface area contributed by atoms with Crippen LogP contribution in [0, 0.1) is 0 Å². The second kappa shape index (κ2) is 7.76. The number of benzene rings is 2. The molecule has 5 heteroatoms. The van der Waals surface area contributed by atoms with Crippen molar-refractivity contribution in [3.63, 3.8) is 0 Å². The standard InChI is InChI=1S/C20H24O5/c1-22-15-7-4-13(5-8-15)16-11-19(25-12-20(16)24-3)14-6-9-18(23-2)17(21)10-14/h4-10,16,19-21H,11-12H2,1-3H3. The molecule has 3 unspecified atom stereocenters. The van der Waals surface area contributed by atoms with Crippen molar-refractivity contribution in [2.75, 3.05) is 27.9 Å². The first-order chi connectivity index (χ1) is 12.2. The number of phenolic OH excluding ortho intramolecular Hbond substituents is 1. The first-order valence-electron chi connectivity index (χ1n) is 8.31. The Labute approximate surface area is 148 Å². The van der Waals surface area contributed by atoms with Crippen LogP contribution in [-0.4, -0.2) is 39.1 Å². The number of methoxy groups -OCH3 is 3. The van der Waals surface area contributed by atoms with Crippen LogP contribution >= 0.6 is 0 Å². The van der Waals surface area contributed by atoms with Crippen molar-refractivity contribution in [2.24, 2.45) is 0 Å². The maximum Gasteiger partial charge on any atom is 0.160 e. The minimum absolute atomic E-state index is 0.00325. The monoisotopic (exact) mass is 344 g/mol. The molecule has 0 spiro atoms. The second-order valence-electron chi connectivity index (χ2n) is 6.14. The Morgan fingerprint density at radius 1 is 0.960 bits per heavy atom. The largest absolute Gasteiger partial charge is 0.504 e. The molecule has 1 aliphatic rings. The van der Waals surface area contributed by atoms with E-state index in [0.717, 1.165) is 17.7 Å². The van der Waals surface area contributed by atoms with Gasteiger partial charge in [0.05, 0.1) is 33.0 Å². The van der Waals surface area contributed by atoms with Crippen LogP contribution < -0.4 is 9.47 Å². The van der Waals surface area contributed by atoms with E-state index in [1.165, 1.54) is 12.7 Å². The van der Waals surface area contributed by atoms with Crippen molar-refractivity contribution >= 4 is 0 Å². The SMILES string of the molecule is COc1ccc(C2CC(c3ccc(OC)c(O)c3)OCC2OC)cc1. The van der Waals surface area contributed by atoms with Gasteiger partial charge in [-0.3, -0.25) is 0 Å². The third-order valence-electron chi connectivity index (χ3n) is 4.80. The molecule has 134 valence electrons. The Morgan fingerprint density at radius 3 is 2.28 bits per heavy atom. The Morgan fingerprint density at radius 2 is 1.68 bits per heavy atom. The Kier molecular flexibility index (Phi) is 5.46. The van der Waals surface area contributed by atoms with Crippen LogP contribution in [0.2, 0.25) is 0 Å². The van der Waals surface area contributed by atoms with Gasteiger partial charge in [-0.1, -0.05) is 18.2 Å². The van der Waals surface area contributed by atoms with Crippen LogP contribution in [0.4, 0.5) is 0 Å². The zero-order valence-corrected chi connectivity index (χ0v) is 14.8. The van der Waals surface area contributed by atoms with E-state index in [1.54, 1.807) is 26.4 Å². The molecule has 0 saturated carbocycles. The summed E-state index contributed by atoms with van der Waals surface area (Å²) in [6.07, 6.45) is 0.670. The van der Waals surface area contributed by atoms with E-state index in [0.29, 0.717) is 12.4 Å². The molecule has 0 aliphatic carbocycles. The summed E-state index contributed by atoms with van der Waals surface area (Å²) >= 11 is 0. The number of rotatable bonds is 5. The first-order valence-corrected chi connectivity index (χ1v) is 8.31. The fraction of sp³-hybridized carbons (Fsp3) is 0.400. The van der Waals surface area contributed by atoms with Gasteiger partial charge in [0.1, 0.15) is 5.75 Å². The molecule has 0 aromatic heterocycles. The molecule has 0 bridgehead atoms. The maximum atomic E-state index is 10.0. The number of aromatic hydroxyl groups is 1. The lowest BCUT2D eigenvalue weighted by Crippen LogP contribution is -2.34. The summed E-state index contributed by atoms with van der Waals surface area (Å²) < 4.78 is 22.0. The Balaban J connectivity index is 1.83. The van der Waals surface area contributed by atoms with E-state index in [2.05, 4.69) is 12.1 Å². The molecule has 5 nitrogen and oxygen atoms in total. The van der Waals surface area contributed by atoms with Gasteiger partial charge in [-0.15, -0.1) is 0 Å². The molecular weight excluding hydrogens is 320 g/mol. The van der Waals surface area contributed by atoms with Gasteiger partial charge in [0.2, 0.25) is 0 Å². The number of phenols is 1. The van der Waals surface area contributed by atoms with Gasteiger partial charge in [0.15, 0.2) is 11.5 Å². The molecule has 1 N–H and O–H groups in total. The van der Waals surface area contributed by atoms with Crippen molar-refractivity contribution in [3.8, 4) is 17.2 Å². The van der Waals surface area contributed by atoms with Crippen LogP contribution in [0.3, 0.4) is 0 Å². The highest BCUT2D eigenvalue weighted by Crippen LogP contribution is 2.41. The van der Waals surface area contributed by atoms with E-state index < -0.39 is 0 Å². The van der Waals surface area contributed by atoms with Crippen molar-refractivity contribution in [2.45, 2.75) is 24.5 Å². The molecule has 1 fully saturated rings. The van der Waals surface area contributed by atoms with Gasteiger partial charge in [-0.05, 0) is 41.8 Å². The van der Waals surface area contributed by atoms with Gasteiger partial charge in [-0.2, -0.15) is 0 Å². The van der Waals surface area contributed by atoms with Crippen LogP contribution in [-0.2, 0) is 9.47 Å². The van der Waals surface area contributed by atoms with Crippen molar-refractivity contribution < 1.29 is 24.1 Å². The summed E-state index contributed by atoms with van der Waals surface area (Å²) in [4.78, 5) is 0. The van der Waals surface area contributed by atoms with Gasteiger partial charge < -0.3 is 24.1 Å². The summed E-state index contributed by atoms with van der Waals surface area (Å²) in [6, 6.07) is 13.5. The van der Waals surface area contributed by atoms with E-state index >= 15 is 0 Å². The van der Waals surface area contributed by atoms with Gasteiger partial charge in [-0.25, -0.2) is 0 Å². The van der Waals surface area contributed by atoms with Gasteiger partial charge in [0.25, 0.3) is 0 Å². The minimum Gasteiger partial charge on any atom is -0.504 e. The molecule has 0 amide bonds. The molecule has 25 heavy (non-hydrogen) atoms. The third-order valence-corrected chi connectivity index (χ3v) is 4.80. The van der Waals surface area contributed by atoms with E-state index in [1.807, 2.05) is 18.2 Å². The number of hydrogen-bond acceptors (Lipinski definition) is 5. The average Bonchev–Trinajstić information content (AvgIpc) is 2.67. The van der Waals surface area contributed by atoms with E-state index in [4.69, 9.17) is 18.9 Å². The van der Waals surface area contributed by atoms with Gasteiger partial charge >= 0.3 is 0 Å². The first kappa shape index (κ1) is 17.6. The lowest BCUT2D eigenvalue weighted by Gasteiger charge is -2.36. The summed E-state index contributed by atoms with van der Waals surface area (Å²) in [5.74, 6) is 1.62. The van der Waals surface area contributed by atoms with Crippen molar-refractivity contribution in [1.29, 1.82) is 0 Å². The fourth-order valence-corrected chi connectivity index (χ4v) is 3.35. The summed E-state index contributed by atoms with van der Waals surface area (Å²) in [6.45, 7) is 0.505. The molecule has 3 rings (SSSR count). The molecule has 1 saturated heterocycles. The van der Waals surface area contributed by atoms with Crippen molar-refractivity contribution in [1.82, 2.24) is 0 Å². The molecular formula is C20H24O5. The van der Waals surface area contributed by atoms with Gasteiger partial charge in [0, 0.05) is 13.0 Å².